The van der Waals surface area contributed by atoms with Crippen molar-refractivity contribution in [1.29, 1.82) is 0 Å². The van der Waals surface area contributed by atoms with Gasteiger partial charge in [0.05, 0.1) is 6.61 Å². The van der Waals surface area contributed by atoms with Crippen molar-refractivity contribution in [3.63, 3.8) is 0 Å². The maximum Gasteiger partial charge on any atom is 0.305 e. The SMILES string of the molecule is CCCCCCCCCCCCCCCC(=O)OCC.CCCCCCCCCCCCCCCCCC(N)=O. The summed E-state index contributed by atoms with van der Waals surface area (Å²) in [5.74, 6) is -0.185. The van der Waals surface area contributed by atoms with Gasteiger partial charge in [-0.2, -0.15) is 0 Å². The standard InChI is InChI=1S/C18H37NO.C18H36O2/c1-2-3-4-5-6-7-8-9-10-11-12-13-14-15-16-17-18(19)20;1-3-5-6-7-8-9-10-11-12-13-14-15-16-17-18(19)20-4-2/h2-17H2,1H3,(H2,19,20);3-17H2,1-2H3. The summed E-state index contributed by atoms with van der Waals surface area (Å²) in [5, 5.41) is 0. The number of primary amides is 1. The van der Waals surface area contributed by atoms with Crippen molar-refractivity contribution in [3.05, 3.63) is 0 Å². The molecule has 0 spiro atoms. The van der Waals surface area contributed by atoms with E-state index in [0.29, 0.717) is 19.4 Å². The maximum atomic E-state index is 11.1. The molecule has 0 aromatic rings. The third-order valence-corrected chi connectivity index (χ3v) is 7.82. The molecule has 4 nitrogen and oxygen atoms in total. The van der Waals surface area contributed by atoms with E-state index in [4.69, 9.17) is 10.5 Å². The van der Waals surface area contributed by atoms with E-state index >= 15 is 0 Å². The van der Waals surface area contributed by atoms with Crippen LogP contribution < -0.4 is 5.73 Å². The van der Waals surface area contributed by atoms with Gasteiger partial charge < -0.3 is 10.5 Å². The van der Waals surface area contributed by atoms with E-state index in [1.165, 1.54) is 167 Å². The number of esters is 1. The summed E-state index contributed by atoms with van der Waals surface area (Å²) in [5.41, 5.74) is 5.11. The molecular formula is C36H73NO3. The Hall–Kier alpha value is -1.06. The summed E-state index contributed by atoms with van der Waals surface area (Å²) in [6.07, 6.45) is 38.9. The van der Waals surface area contributed by atoms with Gasteiger partial charge in [0.15, 0.2) is 0 Å². The molecule has 1 amide bonds. The summed E-state index contributed by atoms with van der Waals surface area (Å²) < 4.78 is 4.91. The Morgan fingerprint density at radius 1 is 0.400 bits per heavy atom. The molecule has 0 heterocycles. The van der Waals surface area contributed by atoms with E-state index in [-0.39, 0.29) is 11.9 Å². The smallest absolute Gasteiger partial charge is 0.305 e. The average molecular weight is 568 g/mol. The van der Waals surface area contributed by atoms with Crippen LogP contribution in [0.15, 0.2) is 0 Å². The minimum absolute atomic E-state index is 0.0319. The molecule has 0 unspecified atom stereocenters. The molecule has 0 aromatic heterocycles. The number of hydrogen-bond acceptors (Lipinski definition) is 3. The van der Waals surface area contributed by atoms with Crippen molar-refractivity contribution in [3.8, 4) is 0 Å². The zero-order chi connectivity index (χ0) is 29.8. The average Bonchev–Trinajstić information content (AvgIpc) is 2.94. The molecule has 0 saturated carbocycles. The summed E-state index contributed by atoms with van der Waals surface area (Å²) in [6, 6.07) is 0. The quantitative estimate of drug-likeness (QED) is 0.0669. The Balaban J connectivity index is 0. The minimum atomic E-state index is -0.153. The molecule has 2 N–H and O–H groups in total. The molecule has 0 fully saturated rings. The van der Waals surface area contributed by atoms with E-state index in [0.717, 1.165) is 12.8 Å². The summed E-state index contributed by atoms with van der Waals surface area (Å²) in [4.78, 5) is 21.7. The van der Waals surface area contributed by atoms with Crippen molar-refractivity contribution < 1.29 is 14.3 Å². The lowest BCUT2D eigenvalue weighted by Gasteiger charge is -2.03. The van der Waals surface area contributed by atoms with Crippen molar-refractivity contribution in [2.24, 2.45) is 5.73 Å². The zero-order valence-corrected chi connectivity index (χ0v) is 27.7. The van der Waals surface area contributed by atoms with Crippen LogP contribution in [0, 0.1) is 0 Å². The fourth-order valence-corrected chi connectivity index (χ4v) is 5.19. The highest BCUT2D eigenvalue weighted by Crippen LogP contribution is 2.14. The highest BCUT2D eigenvalue weighted by molar-refractivity contribution is 5.73. The fourth-order valence-electron chi connectivity index (χ4n) is 5.19. The van der Waals surface area contributed by atoms with Crippen molar-refractivity contribution in [1.82, 2.24) is 0 Å². The Morgan fingerprint density at radius 3 is 0.900 bits per heavy atom. The second-order valence-corrected chi connectivity index (χ2v) is 12.0. The Morgan fingerprint density at radius 2 is 0.650 bits per heavy atom. The summed E-state index contributed by atoms with van der Waals surface area (Å²) >= 11 is 0. The van der Waals surface area contributed by atoms with Gasteiger partial charge in [0.1, 0.15) is 0 Å². The van der Waals surface area contributed by atoms with Crippen molar-refractivity contribution >= 4 is 11.9 Å². The number of carbonyl (C=O) groups is 2. The number of rotatable bonds is 31. The van der Waals surface area contributed by atoms with E-state index in [1.807, 2.05) is 6.92 Å². The number of amides is 1. The van der Waals surface area contributed by atoms with Crippen LogP contribution in [0.4, 0.5) is 0 Å². The van der Waals surface area contributed by atoms with E-state index < -0.39 is 0 Å². The van der Waals surface area contributed by atoms with Crippen molar-refractivity contribution in [2.45, 2.75) is 213 Å². The first-order valence-electron chi connectivity index (χ1n) is 18.0. The summed E-state index contributed by atoms with van der Waals surface area (Å²) in [7, 11) is 0. The number of carbonyl (C=O) groups excluding carboxylic acids is 2. The predicted molar refractivity (Wildman–Crippen MR) is 176 cm³/mol. The molecule has 0 aliphatic carbocycles. The monoisotopic (exact) mass is 568 g/mol. The fraction of sp³-hybridized carbons (Fsp3) is 0.944. The number of unbranched alkanes of at least 4 members (excludes halogenated alkanes) is 26. The van der Waals surface area contributed by atoms with Gasteiger partial charge >= 0.3 is 5.97 Å². The number of hydrogen-bond donors (Lipinski definition) is 1. The molecular weight excluding hydrogens is 494 g/mol. The predicted octanol–water partition coefficient (Wildman–Crippen LogP) is 11.8. The van der Waals surface area contributed by atoms with E-state index in [2.05, 4.69) is 13.8 Å². The van der Waals surface area contributed by atoms with Crippen molar-refractivity contribution in [2.75, 3.05) is 6.61 Å². The van der Waals surface area contributed by atoms with Gasteiger partial charge in [-0.05, 0) is 19.8 Å². The van der Waals surface area contributed by atoms with E-state index in [1.54, 1.807) is 0 Å². The van der Waals surface area contributed by atoms with Gasteiger partial charge in [0, 0.05) is 12.8 Å². The van der Waals surface area contributed by atoms with Gasteiger partial charge in [0.2, 0.25) is 5.91 Å². The number of nitrogens with two attached hydrogens (primary N) is 1. The summed E-state index contributed by atoms with van der Waals surface area (Å²) in [6.45, 7) is 6.92. The van der Waals surface area contributed by atoms with Crippen LogP contribution in [0.25, 0.3) is 0 Å². The Kier molecular flexibility index (Phi) is 39.0. The molecule has 240 valence electrons. The Labute approximate surface area is 251 Å². The molecule has 0 aliphatic rings. The molecule has 40 heavy (non-hydrogen) atoms. The maximum absolute atomic E-state index is 11.1. The van der Waals surface area contributed by atoms with Gasteiger partial charge in [-0.1, -0.05) is 181 Å². The lowest BCUT2D eigenvalue weighted by Crippen LogP contribution is -2.09. The first kappa shape index (κ1) is 41.1. The van der Waals surface area contributed by atoms with Crippen LogP contribution in [0.5, 0.6) is 0 Å². The lowest BCUT2D eigenvalue weighted by atomic mass is 10.0. The molecule has 4 heteroatoms. The molecule has 0 aromatic carbocycles. The van der Waals surface area contributed by atoms with Crippen LogP contribution in [0.1, 0.15) is 213 Å². The zero-order valence-electron chi connectivity index (χ0n) is 27.7. The molecule has 0 atom stereocenters. The first-order chi connectivity index (χ1) is 19.6. The number of ether oxygens (including phenoxy) is 1. The van der Waals surface area contributed by atoms with Crippen LogP contribution in [0.2, 0.25) is 0 Å². The van der Waals surface area contributed by atoms with Crippen LogP contribution in [-0.4, -0.2) is 18.5 Å². The van der Waals surface area contributed by atoms with E-state index in [9.17, 15) is 9.59 Å². The first-order valence-corrected chi connectivity index (χ1v) is 18.0. The van der Waals surface area contributed by atoms with Gasteiger partial charge in [-0.3, -0.25) is 9.59 Å². The van der Waals surface area contributed by atoms with Crippen LogP contribution in [0.3, 0.4) is 0 Å². The topological polar surface area (TPSA) is 69.4 Å². The second-order valence-electron chi connectivity index (χ2n) is 12.0. The third kappa shape index (κ3) is 41.4. The second kappa shape index (κ2) is 37.9. The molecule has 0 saturated heterocycles. The van der Waals surface area contributed by atoms with Crippen LogP contribution >= 0.6 is 0 Å². The minimum Gasteiger partial charge on any atom is -0.466 e. The third-order valence-electron chi connectivity index (χ3n) is 7.82. The highest BCUT2D eigenvalue weighted by atomic mass is 16.5. The van der Waals surface area contributed by atoms with Gasteiger partial charge in [-0.15, -0.1) is 0 Å². The van der Waals surface area contributed by atoms with Crippen LogP contribution in [-0.2, 0) is 14.3 Å². The molecule has 0 bridgehead atoms. The molecule has 0 aliphatic heterocycles. The largest absolute Gasteiger partial charge is 0.466 e. The normalized spacial score (nSPS) is 10.8. The molecule has 0 rings (SSSR count). The van der Waals surface area contributed by atoms with Gasteiger partial charge in [-0.25, -0.2) is 0 Å². The lowest BCUT2D eigenvalue weighted by molar-refractivity contribution is -0.143. The van der Waals surface area contributed by atoms with Gasteiger partial charge in [0.25, 0.3) is 0 Å². The Bertz CT molecular complexity index is 494. The molecule has 0 radical (unpaired) electrons. The highest BCUT2D eigenvalue weighted by Gasteiger charge is 2.00.